The second-order valence-corrected chi connectivity index (χ2v) is 7.14. The van der Waals surface area contributed by atoms with E-state index in [4.69, 9.17) is 23.2 Å². The van der Waals surface area contributed by atoms with Crippen molar-refractivity contribution >= 4 is 29.0 Å². The molecule has 0 aromatic heterocycles. The smallest absolute Gasteiger partial charge is 0.166 e. The van der Waals surface area contributed by atoms with Crippen LogP contribution in [0.2, 0.25) is 10.0 Å². The fourth-order valence-electron chi connectivity index (χ4n) is 3.10. The molecule has 2 aromatic carbocycles. The van der Waals surface area contributed by atoms with Crippen molar-refractivity contribution in [2.75, 3.05) is 19.6 Å². The Balaban J connectivity index is 1.49. The molecule has 0 amide bonds. The van der Waals surface area contributed by atoms with Gasteiger partial charge in [0, 0.05) is 24.4 Å². The van der Waals surface area contributed by atoms with E-state index in [1.807, 2.05) is 12.1 Å². The van der Waals surface area contributed by atoms with E-state index in [2.05, 4.69) is 11.3 Å². The third-order valence-electron chi connectivity index (χ3n) is 4.62. The number of Topliss-reactive ketones (excluding diaryl/α,β-unsaturated/α-hetero) is 1. The van der Waals surface area contributed by atoms with Crippen LogP contribution in [0.3, 0.4) is 0 Å². The molecule has 1 heterocycles. The zero-order valence-corrected chi connectivity index (χ0v) is 15.2. The lowest BCUT2D eigenvalue weighted by atomic mass is 9.89. The van der Waals surface area contributed by atoms with E-state index < -0.39 is 0 Å². The summed E-state index contributed by atoms with van der Waals surface area (Å²) in [6.45, 7) is 2.56. The average molecular weight is 379 g/mol. The fraction of sp³-hybridized carbons (Fsp3) is 0.300. The molecule has 131 valence electrons. The number of ketones is 1. The van der Waals surface area contributed by atoms with Crippen LogP contribution in [0.15, 0.2) is 42.5 Å². The lowest BCUT2D eigenvalue weighted by Crippen LogP contribution is -2.37. The third-order valence-corrected chi connectivity index (χ3v) is 5.35. The van der Waals surface area contributed by atoms with Crippen LogP contribution in [-0.2, 0) is 0 Å². The van der Waals surface area contributed by atoms with Crippen molar-refractivity contribution in [1.29, 1.82) is 0 Å². The maximum atomic E-state index is 13.0. The summed E-state index contributed by atoms with van der Waals surface area (Å²) >= 11 is 12.0. The molecule has 0 aliphatic carbocycles. The minimum atomic E-state index is -0.316. The van der Waals surface area contributed by atoms with E-state index in [1.165, 1.54) is 12.1 Å². The first-order valence-corrected chi connectivity index (χ1v) is 9.09. The second-order valence-electron chi connectivity index (χ2n) is 6.32. The zero-order chi connectivity index (χ0) is 17.8. The molecule has 1 aliphatic rings. The number of hydrogen-bond donors (Lipinski definition) is 0. The first-order chi connectivity index (χ1) is 12.0. The number of benzene rings is 2. The standard InChI is InChI=1S/C20H19Cl2FNO/c21-18-6-1-14(13-19(18)22)7-10-24-11-8-16(9-12-24)20(25)15-2-4-17(23)5-3-15/h1-7,13,16H,8-12H2. The molecule has 0 unspecified atom stereocenters. The Morgan fingerprint density at radius 1 is 1.08 bits per heavy atom. The van der Waals surface area contributed by atoms with E-state index in [1.54, 1.807) is 18.2 Å². The molecule has 1 aliphatic heterocycles. The Kier molecular flexibility index (Phi) is 6.10. The first-order valence-electron chi connectivity index (χ1n) is 8.33. The molecule has 0 saturated carbocycles. The molecule has 3 rings (SSSR count). The summed E-state index contributed by atoms with van der Waals surface area (Å²) in [7, 11) is 0. The highest BCUT2D eigenvalue weighted by Crippen LogP contribution is 2.25. The van der Waals surface area contributed by atoms with Gasteiger partial charge in [-0.3, -0.25) is 4.79 Å². The maximum Gasteiger partial charge on any atom is 0.166 e. The zero-order valence-electron chi connectivity index (χ0n) is 13.7. The lowest BCUT2D eigenvalue weighted by molar-refractivity contribution is 0.0846. The van der Waals surface area contributed by atoms with E-state index in [0.717, 1.165) is 38.0 Å². The highest BCUT2D eigenvalue weighted by Gasteiger charge is 2.25. The number of carbonyl (C=O) groups is 1. The maximum absolute atomic E-state index is 13.0. The molecule has 0 spiro atoms. The van der Waals surface area contributed by atoms with Crippen molar-refractivity contribution in [3.05, 3.63) is 75.9 Å². The Bertz CT molecular complexity index is 740. The number of rotatable bonds is 5. The van der Waals surface area contributed by atoms with E-state index in [9.17, 15) is 9.18 Å². The summed E-state index contributed by atoms with van der Waals surface area (Å²) in [5.74, 6) is -0.177. The predicted molar refractivity (Wildman–Crippen MR) is 99.8 cm³/mol. The van der Waals surface area contributed by atoms with Gasteiger partial charge in [-0.2, -0.15) is 0 Å². The van der Waals surface area contributed by atoms with Crippen molar-refractivity contribution in [2.24, 2.45) is 5.92 Å². The molecule has 5 heteroatoms. The van der Waals surface area contributed by atoms with Gasteiger partial charge in [0.15, 0.2) is 5.78 Å². The number of piperidine rings is 1. The van der Waals surface area contributed by atoms with Crippen LogP contribution in [0.4, 0.5) is 4.39 Å². The van der Waals surface area contributed by atoms with E-state index in [0.29, 0.717) is 15.6 Å². The van der Waals surface area contributed by atoms with Crippen molar-refractivity contribution in [3.63, 3.8) is 0 Å². The lowest BCUT2D eigenvalue weighted by Gasteiger charge is -2.31. The molecular formula is C20H19Cl2FNO. The van der Waals surface area contributed by atoms with Crippen molar-refractivity contribution in [2.45, 2.75) is 12.8 Å². The summed E-state index contributed by atoms with van der Waals surface area (Å²) in [5.41, 5.74) is 1.64. The number of carbonyl (C=O) groups excluding carboxylic acids is 1. The summed E-state index contributed by atoms with van der Waals surface area (Å²) in [4.78, 5) is 14.8. The molecule has 25 heavy (non-hydrogen) atoms. The molecule has 2 aromatic rings. The fourth-order valence-corrected chi connectivity index (χ4v) is 3.41. The Morgan fingerprint density at radius 3 is 2.40 bits per heavy atom. The van der Waals surface area contributed by atoms with E-state index >= 15 is 0 Å². The largest absolute Gasteiger partial charge is 0.303 e. The van der Waals surface area contributed by atoms with Gasteiger partial charge < -0.3 is 4.90 Å². The molecule has 0 atom stereocenters. The van der Waals surface area contributed by atoms with Crippen LogP contribution in [0, 0.1) is 18.2 Å². The molecule has 0 N–H and O–H groups in total. The average Bonchev–Trinajstić information content (AvgIpc) is 2.63. The van der Waals surface area contributed by atoms with E-state index in [-0.39, 0.29) is 17.5 Å². The van der Waals surface area contributed by atoms with Gasteiger partial charge in [-0.05, 0) is 67.9 Å². The first kappa shape index (κ1) is 18.4. The summed E-state index contributed by atoms with van der Waals surface area (Å²) in [6, 6.07) is 11.4. The Labute approximate surface area is 157 Å². The van der Waals surface area contributed by atoms with Gasteiger partial charge in [-0.15, -0.1) is 0 Å². The van der Waals surface area contributed by atoms with Crippen LogP contribution >= 0.6 is 23.2 Å². The summed E-state index contributed by atoms with van der Waals surface area (Å²) < 4.78 is 13.0. The highest BCUT2D eigenvalue weighted by atomic mass is 35.5. The summed E-state index contributed by atoms with van der Waals surface area (Å²) in [6.07, 6.45) is 3.77. The van der Waals surface area contributed by atoms with Crippen molar-refractivity contribution in [3.8, 4) is 0 Å². The van der Waals surface area contributed by atoms with Crippen LogP contribution in [0.5, 0.6) is 0 Å². The normalized spacial score (nSPS) is 16.1. The van der Waals surface area contributed by atoms with Gasteiger partial charge >= 0.3 is 0 Å². The molecule has 2 nitrogen and oxygen atoms in total. The molecule has 0 bridgehead atoms. The minimum Gasteiger partial charge on any atom is -0.303 e. The minimum absolute atomic E-state index is 0.0201. The highest BCUT2D eigenvalue weighted by molar-refractivity contribution is 6.42. The number of halogens is 3. The van der Waals surface area contributed by atoms with Gasteiger partial charge in [0.05, 0.1) is 10.0 Å². The number of hydrogen-bond acceptors (Lipinski definition) is 2. The van der Waals surface area contributed by atoms with Gasteiger partial charge in [0.2, 0.25) is 0 Å². The second kappa shape index (κ2) is 8.31. The SMILES string of the molecule is O=C(c1ccc(F)cc1)C1CCN(C[CH]c2ccc(Cl)c(Cl)c2)CC1. The van der Waals surface area contributed by atoms with Gasteiger partial charge in [-0.1, -0.05) is 29.3 Å². The van der Waals surface area contributed by atoms with Crippen LogP contribution in [0.25, 0.3) is 0 Å². The number of likely N-dealkylation sites (tertiary alicyclic amines) is 1. The quantitative estimate of drug-likeness (QED) is 0.659. The van der Waals surface area contributed by atoms with Crippen molar-refractivity contribution < 1.29 is 9.18 Å². The van der Waals surface area contributed by atoms with Crippen LogP contribution < -0.4 is 0 Å². The van der Waals surface area contributed by atoms with Crippen LogP contribution in [0.1, 0.15) is 28.8 Å². The molecule has 1 fully saturated rings. The summed E-state index contributed by atoms with van der Waals surface area (Å²) in [5, 5.41) is 1.11. The Hall–Kier alpha value is -1.42. The predicted octanol–water partition coefficient (Wildman–Crippen LogP) is 5.28. The van der Waals surface area contributed by atoms with Crippen LogP contribution in [-0.4, -0.2) is 30.3 Å². The van der Waals surface area contributed by atoms with Gasteiger partial charge in [-0.25, -0.2) is 4.39 Å². The van der Waals surface area contributed by atoms with Crippen molar-refractivity contribution in [1.82, 2.24) is 4.90 Å². The Morgan fingerprint density at radius 2 is 1.76 bits per heavy atom. The van der Waals surface area contributed by atoms with Gasteiger partial charge in [0.1, 0.15) is 5.82 Å². The monoisotopic (exact) mass is 378 g/mol. The number of nitrogens with zero attached hydrogens (tertiary/aromatic N) is 1. The third kappa shape index (κ3) is 4.81. The molecule has 1 saturated heterocycles. The topological polar surface area (TPSA) is 20.3 Å². The molecular weight excluding hydrogens is 360 g/mol. The van der Waals surface area contributed by atoms with Gasteiger partial charge in [0.25, 0.3) is 0 Å². The molecule has 1 radical (unpaired) electrons.